The van der Waals surface area contributed by atoms with Crippen molar-refractivity contribution in [2.45, 2.75) is 63.5 Å². The van der Waals surface area contributed by atoms with Gasteiger partial charge in [0.05, 0.1) is 6.10 Å². The van der Waals surface area contributed by atoms with Gasteiger partial charge in [0, 0.05) is 25.2 Å². The molecule has 2 fully saturated rings. The first kappa shape index (κ1) is 13.3. The van der Waals surface area contributed by atoms with E-state index < -0.39 is 0 Å². The molecule has 1 aliphatic carbocycles. The van der Waals surface area contributed by atoms with E-state index in [1.165, 1.54) is 51.5 Å². The quantitative estimate of drug-likeness (QED) is 0.773. The van der Waals surface area contributed by atoms with Gasteiger partial charge in [-0.3, -0.25) is 4.90 Å². The summed E-state index contributed by atoms with van der Waals surface area (Å²) in [5.41, 5.74) is 6.37. The van der Waals surface area contributed by atoms with Crippen molar-refractivity contribution in [3.05, 3.63) is 0 Å². The van der Waals surface area contributed by atoms with Crippen LogP contribution in [0.15, 0.2) is 0 Å². The predicted molar refractivity (Wildman–Crippen MR) is 71.1 cm³/mol. The normalized spacial score (nSPS) is 28.1. The van der Waals surface area contributed by atoms with Gasteiger partial charge in [-0.15, -0.1) is 0 Å². The maximum absolute atomic E-state index is 6.06. The van der Waals surface area contributed by atoms with Gasteiger partial charge in [-0.05, 0) is 38.6 Å². The van der Waals surface area contributed by atoms with Gasteiger partial charge in [0.2, 0.25) is 0 Å². The molecule has 0 spiro atoms. The number of hydrogen-bond donors (Lipinski definition) is 1. The zero-order valence-corrected chi connectivity index (χ0v) is 11.3. The van der Waals surface area contributed by atoms with E-state index in [4.69, 9.17) is 10.5 Å². The lowest BCUT2D eigenvalue weighted by Gasteiger charge is -2.40. The van der Waals surface area contributed by atoms with Gasteiger partial charge < -0.3 is 10.5 Å². The molecule has 3 nitrogen and oxygen atoms in total. The van der Waals surface area contributed by atoms with E-state index in [-0.39, 0.29) is 0 Å². The van der Waals surface area contributed by atoms with Crippen LogP contribution in [0.2, 0.25) is 0 Å². The molecule has 1 heterocycles. The number of ether oxygens (including phenoxy) is 1. The van der Waals surface area contributed by atoms with Crippen LogP contribution in [0.4, 0.5) is 0 Å². The Hall–Kier alpha value is -0.120. The molecule has 3 heteroatoms. The first-order chi connectivity index (χ1) is 8.30. The summed E-state index contributed by atoms with van der Waals surface area (Å²) in [5.74, 6) is 0. The number of hydrogen-bond acceptors (Lipinski definition) is 3. The average molecular weight is 240 g/mol. The molecule has 2 rings (SSSR count). The molecular formula is C14H28N2O. The number of rotatable bonds is 6. The molecule has 0 aromatic rings. The second-order valence-corrected chi connectivity index (χ2v) is 5.64. The fraction of sp³-hybridized carbons (Fsp3) is 1.00. The van der Waals surface area contributed by atoms with Crippen molar-refractivity contribution in [1.29, 1.82) is 0 Å². The molecule has 1 saturated heterocycles. The second-order valence-electron chi connectivity index (χ2n) is 5.64. The molecule has 0 amide bonds. The Labute approximate surface area is 106 Å². The maximum atomic E-state index is 6.06. The fourth-order valence-corrected chi connectivity index (χ4v) is 3.59. The third-order valence-electron chi connectivity index (χ3n) is 4.71. The summed E-state index contributed by atoms with van der Waals surface area (Å²) in [6, 6.07) is 0. The lowest BCUT2D eigenvalue weighted by molar-refractivity contribution is 0.0598. The molecule has 1 saturated carbocycles. The monoisotopic (exact) mass is 240 g/mol. The standard InChI is InChI=1S/C14H28N2O/c1-2-16(10-7-13-6-5-11-17-13)14(12-15)8-3-4-9-14/h13H,2-12,15H2,1H3. The van der Waals surface area contributed by atoms with E-state index in [2.05, 4.69) is 11.8 Å². The van der Waals surface area contributed by atoms with E-state index in [0.29, 0.717) is 11.6 Å². The minimum Gasteiger partial charge on any atom is -0.378 e. The van der Waals surface area contributed by atoms with Gasteiger partial charge >= 0.3 is 0 Å². The molecule has 2 N–H and O–H groups in total. The van der Waals surface area contributed by atoms with Gasteiger partial charge in [0.1, 0.15) is 0 Å². The van der Waals surface area contributed by atoms with Gasteiger partial charge in [0.25, 0.3) is 0 Å². The van der Waals surface area contributed by atoms with Crippen molar-refractivity contribution in [3.8, 4) is 0 Å². The van der Waals surface area contributed by atoms with Gasteiger partial charge in [-0.1, -0.05) is 19.8 Å². The Balaban J connectivity index is 1.85. The molecule has 0 radical (unpaired) electrons. The van der Waals surface area contributed by atoms with Crippen LogP contribution in [0.1, 0.15) is 51.9 Å². The van der Waals surface area contributed by atoms with Crippen LogP contribution in [0, 0.1) is 0 Å². The number of nitrogens with two attached hydrogens (primary N) is 1. The Morgan fingerprint density at radius 3 is 2.59 bits per heavy atom. The molecular weight excluding hydrogens is 212 g/mol. The van der Waals surface area contributed by atoms with E-state index >= 15 is 0 Å². The summed E-state index contributed by atoms with van der Waals surface area (Å²) in [4.78, 5) is 2.63. The third-order valence-corrected chi connectivity index (χ3v) is 4.71. The lowest BCUT2D eigenvalue weighted by atomic mass is 9.94. The Bertz CT molecular complexity index is 220. The molecule has 1 unspecified atom stereocenters. The van der Waals surface area contributed by atoms with Crippen molar-refractivity contribution in [1.82, 2.24) is 4.90 Å². The minimum atomic E-state index is 0.313. The number of likely N-dealkylation sites (N-methyl/N-ethyl adjacent to an activating group) is 1. The van der Waals surface area contributed by atoms with Crippen LogP contribution < -0.4 is 5.73 Å². The summed E-state index contributed by atoms with van der Waals surface area (Å²) >= 11 is 0. The summed E-state index contributed by atoms with van der Waals surface area (Å²) < 4.78 is 5.72. The van der Waals surface area contributed by atoms with Gasteiger partial charge in [0.15, 0.2) is 0 Å². The molecule has 17 heavy (non-hydrogen) atoms. The zero-order chi connectivity index (χ0) is 12.1. The summed E-state index contributed by atoms with van der Waals surface area (Å²) in [5, 5.41) is 0. The van der Waals surface area contributed by atoms with Gasteiger partial charge in [-0.25, -0.2) is 0 Å². The van der Waals surface area contributed by atoms with E-state index in [1.807, 2.05) is 0 Å². The predicted octanol–water partition coefficient (Wildman–Crippen LogP) is 2.15. The molecule has 1 atom stereocenters. The van der Waals surface area contributed by atoms with Crippen molar-refractivity contribution in [3.63, 3.8) is 0 Å². The largest absolute Gasteiger partial charge is 0.378 e. The van der Waals surface area contributed by atoms with Crippen LogP contribution in [0.3, 0.4) is 0 Å². The highest BCUT2D eigenvalue weighted by atomic mass is 16.5. The second kappa shape index (κ2) is 6.17. The number of nitrogens with zero attached hydrogens (tertiary/aromatic N) is 1. The minimum absolute atomic E-state index is 0.313. The Morgan fingerprint density at radius 2 is 2.06 bits per heavy atom. The first-order valence-electron chi connectivity index (χ1n) is 7.37. The molecule has 2 aliphatic rings. The smallest absolute Gasteiger partial charge is 0.0588 e. The zero-order valence-electron chi connectivity index (χ0n) is 11.3. The fourth-order valence-electron chi connectivity index (χ4n) is 3.59. The molecule has 0 bridgehead atoms. The summed E-state index contributed by atoms with van der Waals surface area (Å²) in [6.07, 6.45) is 9.51. The van der Waals surface area contributed by atoms with Crippen LogP contribution in [-0.2, 0) is 4.74 Å². The third kappa shape index (κ3) is 3.01. The van der Waals surface area contributed by atoms with E-state index in [9.17, 15) is 0 Å². The highest BCUT2D eigenvalue weighted by Gasteiger charge is 2.37. The highest BCUT2D eigenvalue weighted by Crippen LogP contribution is 2.34. The van der Waals surface area contributed by atoms with Crippen molar-refractivity contribution >= 4 is 0 Å². The first-order valence-corrected chi connectivity index (χ1v) is 7.37. The Morgan fingerprint density at radius 1 is 1.29 bits per heavy atom. The van der Waals surface area contributed by atoms with Crippen LogP contribution in [0.5, 0.6) is 0 Å². The average Bonchev–Trinajstić information content (AvgIpc) is 3.00. The van der Waals surface area contributed by atoms with Crippen molar-refractivity contribution in [2.24, 2.45) is 5.73 Å². The molecule has 0 aromatic heterocycles. The van der Waals surface area contributed by atoms with E-state index in [0.717, 1.165) is 19.7 Å². The highest BCUT2D eigenvalue weighted by molar-refractivity contribution is 4.95. The SMILES string of the molecule is CCN(CCC1CCCO1)C1(CN)CCCC1. The summed E-state index contributed by atoms with van der Waals surface area (Å²) in [7, 11) is 0. The Kier molecular flexibility index (Phi) is 4.83. The maximum Gasteiger partial charge on any atom is 0.0588 e. The summed E-state index contributed by atoms with van der Waals surface area (Å²) in [6.45, 7) is 6.36. The van der Waals surface area contributed by atoms with Crippen molar-refractivity contribution < 1.29 is 4.74 Å². The molecule has 1 aliphatic heterocycles. The van der Waals surface area contributed by atoms with Crippen LogP contribution >= 0.6 is 0 Å². The molecule has 100 valence electrons. The van der Waals surface area contributed by atoms with Crippen LogP contribution in [0.25, 0.3) is 0 Å². The molecule has 0 aromatic carbocycles. The topological polar surface area (TPSA) is 38.5 Å². The van der Waals surface area contributed by atoms with Crippen LogP contribution in [-0.4, -0.2) is 42.8 Å². The van der Waals surface area contributed by atoms with Crippen molar-refractivity contribution in [2.75, 3.05) is 26.2 Å². The van der Waals surface area contributed by atoms with E-state index in [1.54, 1.807) is 0 Å². The van der Waals surface area contributed by atoms with Gasteiger partial charge in [-0.2, -0.15) is 0 Å². The lowest BCUT2D eigenvalue weighted by Crippen LogP contribution is -2.52.